The maximum Gasteiger partial charge on any atom is 0.0523 e. The van der Waals surface area contributed by atoms with Gasteiger partial charge in [-0.15, -0.1) is 0 Å². The molecule has 0 saturated carbocycles. The molecule has 30 heavy (non-hydrogen) atoms. The third kappa shape index (κ3) is 4.23. The van der Waals surface area contributed by atoms with Gasteiger partial charge in [0.25, 0.3) is 0 Å². The van der Waals surface area contributed by atoms with Gasteiger partial charge >= 0.3 is 0 Å². The number of hydrogen-bond donors (Lipinski definition) is 0. The summed E-state index contributed by atoms with van der Waals surface area (Å²) < 4.78 is 0. The van der Waals surface area contributed by atoms with E-state index in [1.807, 2.05) is 43.3 Å². The highest BCUT2D eigenvalue weighted by Crippen LogP contribution is 2.44. The van der Waals surface area contributed by atoms with E-state index in [2.05, 4.69) is 61.4 Å². The fourth-order valence-corrected chi connectivity index (χ4v) is 4.29. The molecule has 0 fully saturated rings. The summed E-state index contributed by atoms with van der Waals surface area (Å²) in [5.41, 5.74) is 5.73. The molecule has 3 rings (SSSR count). The summed E-state index contributed by atoms with van der Waals surface area (Å²) in [6.07, 6.45) is 7.67. The van der Waals surface area contributed by atoms with Crippen molar-refractivity contribution in [1.29, 1.82) is 0 Å². The predicted octanol–water partition coefficient (Wildman–Crippen LogP) is 8.66. The molecule has 1 unspecified atom stereocenters. The average Bonchev–Trinajstić information content (AvgIpc) is 2.79. The Hall–Kier alpha value is -2.74. The van der Waals surface area contributed by atoms with E-state index < -0.39 is 0 Å². The molecule has 2 aromatic carbocycles. The zero-order valence-electron chi connectivity index (χ0n) is 17.3. The van der Waals surface area contributed by atoms with Crippen molar-refractivity contribution in [1.82, 2.24) is 0 Å². The van der Waals surface area contributed by atoms with Gasteiger partial charge in [-0.05, 0) is 48.4 Å². The van der Waals surface area contributed by atoms with Crippen LogP contribution >= 0.6 is 23.2 Å². The van der Waals surface area contributed by atoms with Gasteiger partial charge in [-0.2, -0.15) is 0 Å². The van der Waals surface area contributed by atoms with Gasteiger partial charge in [-0.25, -0.2) is 0 Å². The van der Waals surface area contributed by atoms with Gasteiger partial charge in [0.2, 0.25) is 0 Å². The van der Waals surface area contributed by atoms with Gasteiger partial charge in [-0.1, -0.05) is 97.9 Å². The smallest absolute Gasteiger partial charge is 0.0523 e. The molecule has 2 aromatic rings. The minimum absolute atomic E-state index is 0.0563. The largest absolute Gasteiger partial charge is 0.311 e. The lowest BCUT2D eigenvalue weighted by Crippen LogP contribution is -2.17. The van der Waals surface area contributed by atoms with Gasteiger partial charge in [-0.3, -0.25) is 0 Å². The monoisotopic (exact) mass is 433 g/mol. The molecule has 0 amide bonds. The predicted molar refractivity (Wildman–Crippen MR) is 132 cm³/mol. The molecule has 1 aliphatic rings. The Morgan fingerprint density at radius 1 is 0.867 bits per heavy atom. The first kappa shape index (κ1) is 22.0. The summed E-state index contributed by atoms with van der Waals surface area (Å²) in [6, 6.07) is 20.5. The minimum Gasteiger partial charge on any atom is -0.311 e. The summed E-state index contributed by atoms with van der Waals surface area (Å²) in [6.45, 7) is 11.9. The zero-order valence-corrected chi connectivity index (χ0v) is 18.8. The number of hydrogen-bond acceptors (Lipinski definition) is 1. The van der Waals surface area contributed by atoms with Crippen LogP contribution in [0.4, 0.5) is 11.4 Å². The van der Waals surface area contributed by atoms with Crippen molar-refractivity contribution >= 4 is 34.6 Å². The van der Waals surface area contributed by atoms with Crippen molar-refractivity contribution in [3.63, 3.8) is 0 Å². The van der Waals surface area contributed by atoms with Gasteiger partial charge in [0, 0.05) is 33.6 Å². The van der Waals surface area contributed by atoms with Crippen molar-refractivity contribution in [2.75, 3.05) is 4.90 Å². The van der Waals surface area contributed by atoms with Crippen LogP contribution in [0.1, 0.15) is 13.8 Å². The second-order valence-corrected chi connectivity index (χ2v) is 7.72. The normalized spacial score (nSPS) is 18.6. The quantitative estimate of drug-likeness (QED) is 0.440. The number of anilines is 2. The van der Waals surface area contributed by atoms with Crippen LogP contribution in [-0.2, 0) is 0 Å². The highest BCUT2D eigenvalue weighted by molar-refractivity contribution is 6.36. The lowest BCUT2D eigenvalue weighted by atomic mass is 9.86. The number of halogens is 2. The van der Waals surface area contributed by atoms with Crippen LogP contribution in [0.2, 0.25) is 0 Å². The SMILES string of the molecule is C=CC1=C(Cl)/C(=C/C(=C\C)N(c2ccccc2)c2ccccc2)C(C)C(Cl)=C1C=C. The molecule has 0 aliphatic heterocycles. The molecule has 1 atom stereocenters. The van der Waals surface area contributed by atoms with Gasteiger partial charge in [0.1, 0.15) is 0 Å². The Kier molecular flexibility index (Phi) is 7.20. The zero-order chi connectivity index (χ0) is 21.7. The Balaban J connectivity index is 2.18. The molecule has 152 valence electrons. The first-order valence-electron chi connectivity index (χ1n) is 9.86. The first-order chi connectivity index (χ1) is 14.5. The molecule has 0 heterocycles. The van der Waals surface area contributed by atoms with Crippen LogP contribution in [0.25, 0.3) is 0 Å². The molecule has 1 nitrogen and oxygen atoms in total. The highest BCUT2D eigenvalue weighted by Gasteiger charge is 2.27. The van der Waals surface area contributed by atoms with Crippen LogP contribution < -0.4 is 4.90 Å². The van der Waals surface area contributed by atoms with E-state index >= 15 is 0 Å². The van der Waals surface area contributed by atoms with E-state index in [1.165, 1.54) is 0 Å². The topological polar surface area (TPSA) is 3.24 Å². The van der Waals surface area contributed by atoms with Gasteiger partial charge in [0.05, 0.1) is 5.03 Å². The Morgan fingerprint density at radius 3 is 1.80 bits per heavy atom. The molecule has 0 aromatic heterocycles. The first-order valence-corrected chi connectivity index (χ1v) is 10.6. The van der Waals surface area contributed by atoms with Crippen molar-refractivity contribution < 1.29 is 0 Å². The molecule has 0 radical (unpaired) electrons. The second-order valence-electron chi connectivity index (χ2n) is 6.94. The van der Waals surface area contributed by atoms with Crippen molar-refractivity contribution in [3.8, 4) is 0 Å². The average molecular weight is 434 g/mol. The third-order valence-electron chi connectivity index (χ3n) is 5.18. The van der Waals surface area contributed by atoms with Crippen molar-refractivity contribution in [2.45, 2.75) is 13.8 Å². The fourth-order valence-electron chi connectivity index (χ4n) is 3.60. The summed E-state index contributed by atoms with van der Waals surface area (Å²) >= 11 is 13.5. The van der Waals surface area contributed by atoms with E-state index in [0.29, 0.717) is 5.03 Å². The molecular weight excluding hydrogens is 409 g/mol. The molecule has 0 bridgehead atoms. The molecule has 1 aliphatic carbocycles. The Morgan fingerprint density at radius 2 is 1.37 bits per heavy atom. The number of allylic oxidation sites excluding steroid dienone is 9. The summed E-state index contributed by atoms with van der Waals surface area (Å²) in [4.78, 5) is 2.21. The molecule has 0 saturated heterocycles. The van der Waals surface area contributed by atoms with Gasteiger partial charge < -0.3 is 4.90 Å². The fraction of sp³-hybridized carbons (Fsp3) is 0.111. The van der Waals surface area contributed by atoms with Gasteiger partial charge in [0.15, 0.2) is 0 Å². The maximum absolute atomic E-state index is 6.83. The number of nitrogens with zero attached hydrogens (tertiary/aromatic N) is 1. The summed E-state index contributed by atoms with van der Waals surface area (Å²) in [5, 5.41) is 1.37. The number of para-hydroxylation sites is 2. The van der Waals surface area contributed by atoms with Crippen molar-refractivity contribution in [2.24, 2.45) is 5.92 Å². The van der Waals surface area contributed by atoms with Crippen LogP contribution in [0.3, 0.4) is 0 Å². The highest BCUT2D eigenvalue weighted by atomic mass is 35.5. The Bertz CT molecular complexity index is 1020. The number of benzene rings is 2. The Labute approximate surface area is 189 Å². The van der Waals surface area contributed by atoms with Crippen molar-refractivity contribution in [3.05, 3.63) is 131 Å². The lowest BCUT2D eigenvalue weighted by molar-refractivity contribution is 0.843. The standard InChI is InChI=1S/C27H25Cl2N/c1-5-20(18-25-19(4)26(28)23(6-2)24(7-3)27(25)29)30(21-14-10-8-11-15-21)22-16-12-9-13-17-22/h5-19H,2-3H2,1,4H3/b20-5+,25-18+. The molecule has 0 N–H and O–H groups in total. The minimum atomic E-state index is -0.0563. The van der Waals surface area contributed by atoms with E-state index in [-0.39, 0.29) is 5.92 Å². The number of rotatable bonds is 6. The maximum atomic E-state index is 6.83. The second kappa shape index (κ2) is 9.84. The summed E-state index contributed by atoms with van der Waals surface area (Å²) in [7, 11) is 0. The van der Waals surface area contributed by atoms with Crippen LogP contribution in [-0.4, -0.2) is 0 Å². The van der Waals surface area contributed by atoms with Crippen LogP contribution in [0.15, 0.2) is 131 Å². The van der Waals surface area contributed by atoms with Crippen LogP contribution in [0, 0.1) is 5.92 Å². The lowest BCUT2D eigenvalue weighted by Gasteiger charge is -2.30. The summed E-state index contributed by atoms with van der Waals surface area (Å²) in [5.74, 6) is -0.0563. The molecular formula is C27H25Cl2N. The molecule has 0 spiro atoms. The van der Waals surface area contributed by atoms with E-state index in [0.717, 1.165) is 38.8 Å². The van der Waals surface area contributed by atoms with E-state index in [1.54, 1.807) is 12.2 Å². The van der Waals surface area contributed by atoms with Crippen LogP contribution in [0.5, 0.6) is 0 Å². The molecule has 3 heteroatoms. The van der Waals surface area contributed by atoms with E-state index in [4.69, 9.17) is 23.2 Å². The third-order valence-corrected chi connectivity index (χ3v) is 6.13. The van der Waals surface area contributed by atoms with E-state index in [9.17, 15) is 0 Å².